The van der Waals surface area contributed by atoms with Crippen molar-refractivity contribution in [2.75, 3.05) is 38.2 Å². The van der Waals surface area contributed by atoms with Crippen LogP contribution in [0.3, 0.4) is 0 Å². The quantitative estimate of drug-likeness (QED) is 0.726. The van der Waals surface area contributed by atoms with Crippen LogP contribution in [0.4, 0.5) is 0 Å². The van der Waals surface area contributed by atoms with Crippen LogP contribution in [0.1, 0.15) is 12.8 Å². The maximum absolute atomic E-state index is 11.6. The largest absolute Gasteiger partial charge is 0.342 e. The summed E-state index contributed by atoms with van der Waals surface area (Å²) in [6, 6.07) is 0. The highest BCUT2D eigenvalue weighted by Gasteiger charge is 2.14. The Balaban J connectivity index is 2.26. The van der Waals surface area contributed by atoms with Crippen LogP contribution in [0, 0.1) is 0 Å². The highest BCUT2D eigenvalue weighted by Crippen LogP contribution is 2.10. The molecule has 1 fully saturated rings. The van der Waals surface area contributed by atoms with E-state index in [0.717, 1.165) is 31.8 Å². The molecular formula is C9H18N2OS. The fraction of sp³-hybridized carbons (Fsp3) is 0.889. The number of nitrogens with zero attached hydrogens (tertiary/aromatic N) is 1. The highest BCUT2D eigenvalue weighted by molar-refractivity contribution is 7.99. The number of amides is 1. The second-order valence-electron chi connectivity index (χ2n) is 3.20. The van der Waals surface area contributed by atoms with E-state index >= 15 is 0 Å². The molecular weight excluding hydrogens is 184 g/mol. The third-order valence-corrected chi connectivity index (χ3v) is 3.21. The summed E-state index contributed by atoms with van der Waals surface area (Å²) in [4.78, 5) is 13.6. The predicted molar refractivity (Wildman–Crippen MR) is 57.1 cm³/mol. The third kappa shape index (κ3) is 4.00. The molecule has 0 atom stereocenters. The molecule has 0 aromatic heterocycles. The molecule has 0 saturated carbocycles. The van der Waals surface area contributed by atoms with Crippen molar-refractivity contribution < 1.29 is 4.79 Å². The molecule has 0 aromatic carbocycles. The van der Waals surface area contributed by atoms with Gasteiger partial charge < -0.3 is 10.2 Å². The fourth-order valence-corrected chi connectivity index (χ4v) is 2.27. The van der Waals surface area contributed by atoms with Gasteiger partial charge in [-0.1, -0.05) is 0 Å². The lowest BCUT2D eigenvalue weighted by Gasteiger charge is -2.19. The first kappa shape index (κ1) is 10.9. The Morgan fingerprint density at radius 1 is 1.46 bits per heavy atom. The Bertz CT molecular complexity index is 156. The van der Waals surface area contributed by atoms with Crippen molar-refractivity contribution in [2.45, 2.75) is 12.8 Å². The molecule has 13 heavy (non-hydrogen) atoms. The molecule has 0 aromatic rings. The number of nitrogens with one attached hydrogen (secondary N) is 1. The van der Waals surface area contributed by atoms with Crippen molar-refractivity contribution >= 4 is 17.7 Å². The molecule has 1 N–H and O–H groups in total. The van der Waals surface area contributed by atoms with Crippen molar-refractivity contribution in [1.82, 2.24) is 10.2 Å². The monoisotopic (exact) mass is 202 g/mol. The number of hydrogen-bond donors (Lipinski definition) is 1. The molecule has 1 aliphatic rings. The second kappa shape index (κ2) is 6.27. The summed E-state index contributed by atoms with van der Waals surface area (Å²) >= 11 is 1.95. The number of carbonyl (C=O) groups is 1. The third-order valence-electron chi connectivity index (χ3n) is 2.16. The van der Waals surface area contributed by atoms with Crippen molar-refractivity contribution in [3.63, 3.8) is 0 Å². The molecule has 4 heteroatoms. The first-order chi connectivity index (χ1) is 6.34. The summed E-state index contributed by atoms with van der Waals surface area (Å²) < 4.78 is 0. The lowest BCUT2D eigenvalue weighted by molar-refractivity contribution is -0.130. The van der Waals surface area contributed by atoms with Crippen molar-refractivity contribution in [1.29, 1.82) is 0 Å². The van der Waals surface area contributed by atoms with Gasteiger partial charge in [-0.25, -0.2) is 0 Å². The van der Waals surface area contributed by atoms with Crippen LogP contribution in [0.15, 0.2) is 0 Å². The van der Waals surface area contributed by atoms with E-state index in [1.807, 2.05) is 23.7 Å². The summed E-state index contributed by atoms with van der Waals surface area (Å²) in [5.41, 5.74) is 0. The van der Waals surface area contributed by atoms with E-state index < -0.39 is 0 Å². The zero-order chi connectivity index (χ0) is 9.52. The van der Waals surface area contributed by atoms with Crippen LogP contribution in [0.2, 0.25) is 0 Å². The average Bonchev–Trinajstić information content (AvgIpc) is 2.42. The first-order valence-corrected chi connectivity index (χ1v) is 6.00. The van der Waals surface area contributed by atoms with Gasteiger partial charge in [0.25, 0.3) is 0 Å². The minimum Gasteiger partial charge on any atom is -0.342 e. The van der Waals surface area contributed by atoms with Crippen molar-refractivity contribution in [3.8, 4) is 0 Å². The summed E-state index contributed by atoms with van der Waals surface area (Å²) in [5.74, 6) is 2.61. The van der Waals surface area contributed by atoms with Gasteiger partial charge in [-0.3, -0.25) is 4.79 Å². The molecule has 3 nitrogen and oxygen atoms in total. The van der Waals surface area contributed by atoms with Gasteiger partial charge in [0, 0.05) is 31.8 Å². The predicted octanol–water partition coefficient (Wildman–Crippen LogP) is 0.561. The smallest absolute Gasteiger partial charge is 0.223 e. The van der Waals surface area contributed by atoms with Crippen LogP contribution in [0.5, 0.6) is 0 Å². The lowest BCUT2D eigenvalue weighted by Crippen LogP contribution is -2.34. The van der Waals surface area contributed by atoms with Gasteiger partial charge in [-0.2, -0.15) is 11.8 Å². The normalized spacial score (nSPS) is 18.4. The molecule has 1 saturated heterocycles. The molecule has 1 amide bonds. The maximum atomic E-state index is 11.6. The maximum Gasteiger partial charge on any atom is 0.223 e. The van der Waals surface area contributed by atoms with Gasteiger partial charge in [-0.15, -0.1) is 0 Å². The van der Waals surface area contributed by atoms with Gasteiger partial charge in [0.1, 0.15) is 0 Å². The molecule has 0 spiro atoms. The molecule has 0 radical (unpaired) electrons. The molecule has 0 bridgehead atoms. The number of hydrogen-bond acceptors (Lipinski definition) is 3. The summed E-state index contributed by atoms with van der Waals surface area (Å²) in [5, 5.41) is 3.00. The van der Waals surface area contributed by atoms with E-state index in [2.05, 4.69) is 5.32 Å². The van der Waals surface area contributed by atoms with E-state index in [1.54, 1.807) is 0 Å². The zero-order valence-electron chi connectivity index (χ0n) is 8.21. The molecule has 1 aliphatic heterocycles. The van der Waals surface area contributed by atoms with E-state index in [-0.39, 0.29) is 0 Å². The summed E-state index contributed by atoms with van der Waals surface area (Å²) in [7, 11) is 1.88. The van der Waals surface area contributed by atoms with Gasteiger partial charge in [0.2, 0.25) is 5.91 Å². The van der Waals surface area contributed by atoms with Crippen LogP contribution < -0.4 is 5.32 Å². The lowest BCUT2D eigenvalue weighted by atomic mass is 10.3. The van der Waals surface area contributed by atoms with E-state index in [1.165, 1.54) is 5.75 Å². The Hall–Kier alpha value is -0.220. The van der Waals surface area contributed by atoms with E-state index in [9.17, 15) is 4.79 Å². The van der Waals surface area contributed by atoms with Crippen LogP contribution >= 0.6 is 11.8 Å². The Kier molecular flexibility index (Phi) is 5.23. The van der Waals surface area contributed by atoms with E-state index in [0.29, 0.717) is 12.3 Å². The first-order valence-electron chi connectivity index (χ1n) is 4.84. The highest BCUT2D eigenvalue weighted by atomic mass is 32.2. The van der Waals surface area contributed by atoms with Gasteiger partial charge in [-0.05, 0) is 19.2 Å². The van der Waals surface area contributed by atoms with Gasteiger partial charge in [0.05, 0.1) is 0 Å². The fourth-order valence-electron chi connectivity index (χ4n) is 1.39. The average molecular weight is 202 g/mol. The van der Waals surface area contributed by atoms with Crippen LogP contribution in [-0.2, 0) is 4.79 Å². The van der Waals surface area contributed by atoms with Gasteiger partial charge >= 0.3 is 0 Å². The molecule has 1 rings (SSSR count). The Labute approximate surface area is 84.2 Å². The SMILES string of the molecule is CNCCC(=O)N1CCCSCC1. The molecule has 76 valence electrons. The molecule has 0 unspecified atom stereocenters. The number of rotatable bonds is 3. The molecule has 1 heterocycles. The van der Waals surface area contributed by atoms with Crippen LogP contribution in [0.25, 0.3) is 0 Å². The topological polar surface area (TPSA) is 32.3 Å². The van der Waals surface area contributed by atoms with Crippen LogP contribution in [-0.4, -0.2) is 49.0 Å². The standard InChI is InChI=1S/C9H18N2OS/c1-10-4-3-9(12)11-5-2-7-13-8-6-11/h10H,2-8H2,1H3. The second-order valence-corrected chi connectivity index (χ2v) is 4.43. The summed E-state index contributed by atoms with van der Waals surface area (Å²) in [6.07, 6.45) is 1.79. The minimum atomic E-state index is 0.303. The molecule has 0 aliphatic carbocycles. The van der Waals surface area contributed by atoms with Crippen molar-refractivity contribution in [3.05, 3.63) is 0 Å². The zero-order valence-corrected chi connectivity index (χ0v) is 9.03. The van der Waals surface area contributed by atoms with Crippen molar-refractivity contribution in [2.24, 2.45) is 0 Å². The Morgan fingerprint density at radius 3 is 3.08 bits per heavy atom. The summed E-state index contributed by atoms with van der Waals surface area (Å²) in [6.45, 7) is 2.69. The number of carbonyl (C=O) groups excluding carboxylic acids is 1. The van der Waals surface area contributed by atoms with Gasteiger partial charge in [0.15, 0.2) is 0 Å². The number of thioether (sulfide) groups is 1. The Morgan fingerprint density at radius 2 is 2.31 bits per heavy atom. The van der Waals surface area contributed by atoms with E-state index in [4.69, 9.17) is 0 Å². The minimum absolute atomic E-state index is 0.303.